The van der Waals surface area contributed by atoms with Gasteiger partial charge in [0.15, 0.2) is 0 Å². The van der Waals surface area contributed by atoms with Crippen molar-refractivity contribution in [3.05, 3.63) is 46.2 Å². The Morgan fingerprint density at radius 1 is 1.39 bits per heavy atom. The molecular formula is C13H10N2O2S. The van der Waals surface area contributed by atoms with Gasteiger partial charge in [0.1, 0.15) is 5.75 Å². The van der Waals surface area contributed by atoms with Crippen molar-refractivity contribution >= 4 is 22.9 Å². The molecule has 0 fully saturated rings. The lowest BCUT2D eigenvalue weighted by Gasteiger charge is -2.02. The standard InChI is InChI=1S/C13H10N2O2S/c1-17-11-6-12(18-8-11)13(16)15-10-4-2-9(7-14)3-5-10/h2-6,8H,1H3,(H,15,16). The summed E-state index contributed by atoms with van der Waals surface area (Å²) < 4.78 is 5.02. The molecule has 0 spiro atoms. The smallest absolute Gasteiger partial charge is 0.265 e. The van der Waals surface area contributed by atoms with E-state index in [1.807, 2.05) is 6.07 Å². The van der Waals surface area contributed by atoms with Gasteiger partial charge in [-0.3, -0.25) is 4.79 Å². The molecule has 1 heterocycles. The first kappa shape index (κ1) is 12.1. The number of hydrogen-bond donors (Lipinski definition) is 1. The number of rotatable bonds is 3. The van der Waals surface area contributed by atoms with Crippen LogP contribution < -0.4 is 10.1 Å². The molecule has 0 radical (unpaired) electrons. The largest absolute Gasteiger partial charge is 0.496 e. The maximum absolute atomic E-state index is 11.9. The Hall–Kier alpha value is -2.32. The zero-order valence-corrected chi connectivity index (χ0v) is 10.5. The topological polar surface area (TPSA) is 62.1 Å². The Balaban J connectivity index is 2.08. The highest BCUT2D eigenvalue weighted by atomic mass is 32.1. The Kier molecular flexibility index (Phi) is 3.60. The van der Waals surface area contributed by atoms with Crippen molar-refractivity contribution in [2.24, 2.45) is 0 Å². The Morgan fingerprint density at radius 2 is 2.11 bits per heavy atom. The number of carbonyl (C=O) groups is 1. The van der Waals surface area contributed by atoms with Crippen LogP contribution in [0, 0.1) is 11.3 Å². The fourth-order valence-electron chi connectivity index (χ4n) is 1.37. The van der Waals surface area contributed by atoms with Gasteiger partial charge in [-0.15, -0.1) is 11.3 Å². The number of nitrogens with zero attached hydrogens (tertiary/aromatic N) is 1. The summed E-state index contributed by atoms with van der Waals surface area (Å²) in [6.07, 6.45) is 0. The predicted octanol–water partition coefficient (Wildman–Crippen LogP) is 2.88. The molecule has 1 aromatic carbocycles. The minimum Gasteiger partial charge on any atom is -0.496 e. The SMILES string of the molecule is COc1csc(C(=O)Nc2ccc(C#N)cc2)c1. The average Bonchev–Trinajstić information content (AvgIpc) is 2.88. The molecule has 0 bridgehead atoms. The summed E-state index contributed by atoms with van der Waals surface area (Å²) in [6.45, 7) is 0. The molecule has 0 saturated heterocycles. The summed E-state index contributed by atoms with van der Waals surface area (Å²) >= 11 is 1.32. The van der Waals surface area contributed by atoms with Gasteiger partial charge in [0.25, 0.3) is 5.91 Å². The van der Waals surface area contributed by atoms with Gasteiger partial charge in [0, 0.05) is 17.1 Å². The summed E-state index contributed by atoms with van der Waals surface area (Å²) in [5, 5.41) is 13.2. The molecule has 4 nitrogen and oxygen atoms in total. The Labute approximate surface area is 108 Å². The summed E-state index contributed by atoms with van der Waals surface area (Å²) in [6, 6.07) is 10.4. The van der Waals surface area contributed by atoms with Crippen molar-refractivity contribution in [2.45, 2.75) is 0 Å². The molecular weight excluding hydrogens is 248 g/mol. The quantitative estimate of drug-likeness (QED) is 0.920. The molecule has 2 aromatic rings. The van der Waals surface area contributed by atoms with Crippen molar-refractivity contribution in [3.8, 4) is 11.8 Å². The number of nitriles is 1. The van der Waals surface area contributed by atoms with Crippen LogP contribution in [0.2, 0.25) is 0 Å². The third-order valence-corrected chi connectivity index (χ3v) is 3.21. The lowest BCUT2D eigenvalue weighted by atomic mass is 10.2. The van der Waals surface area contributed by atoms with Crippen LogP contribution in [0.25, 0.3) is 0 Å². The first-order valence-corrected chi connectivity index (χ1v) is 6.05. The highest BCUT2D eigenvalue weighted by Crippen LogP contribution is 2.22. The molecule has 1 aromatic heterocycles. The predicted molar refractivity (Wildman–Crippen MR) is 70.0 cm³/mol. The normalized spacial score (nSPS) is 9.56. The Bertz CT molecular complexity index is 596. The number of benzene rings is 1. The zero-order chi connectivity index (χ0) is 13.0. The second kappa shape index (κ2) is 5.34. The van der Waals surface area contributed by atoms with E-state index >= 15 is 0 Å². The summed E-state index contributed by atoms with van der Waals surface area (Å²) in [5.41, 5.74) is 1.22. The van der Waals surface area contributed by atoms with Gasteiger partial charge in [-0.1, -0.05) is 0 Å². The van der Waals surface area contributed by atoms with Crippen molar-refractivity contribution in [3.63, 3.8) is 0 Å². The molecule has 2 rings (SSSR count). The number of amides is 1. The number of anilines is 1. The van der Waals surface area contributed by atoms with E-state index in [4.69, 9.17) is 10.00 Å². The van der Waals surface area contributed by atoms with Gasteiger partial charge in [-0.2, -0.15) is 5.26 Å². The van der Waals surface area contributed by atoms with Crippen molar-refractivity contribution < 1.29 is 9.53 Å². The molecule has 1 N–H and O–H groups in total. The summed E-state index contributed by atoms with van der Waals surface area (Å²) in [7, 11) is 1.56. The molecule has 0 unspecified atom stereocenters. The molecule has 18 heavy (non-hydrogen) atoms. The molecule has 90 valence electrons. The van der Waals surface area contributed by atoms with E-state index in [1.54, 1.807) is 42.8 Å². The van der Waals surface area contributed by atoms with Gasteiger partial charge in [0.2, 0.25) is 0 Å². The van der Waals surface area contributed by atoms with Crippen molar-refractivity contribution in [1.29, 1.82) is 5.26 Å². The minimum absolute atomic E-state index is 0.187. The maximum Gasteiger partial charge on any atom is 0.265 e. The fourth-order valence-corrected chi connectivity index (χ4v) is 2.12. The highest BCUT2D eigenvalue weighted by molar-refractivity contribution is 7.12. The molecule has 5 heteroatoms. The monoisotopic (exact) mass is 258 g/mol. The van der Waals surface area contributed by atoms with E-state index in [0.717, 1.165) is 0 Å². The lowest BCUT2D eigenvalue weighted by Crippen LogP contribution is -2.09. The summed E-state index contributed by atoms with van der Waals surface area (Å²) in [4.78, 5) is 12.5. The van der Waals surface area contributed by atoms with E-state index < -0.39 is 0 Å². The summed E-state index contributed by atoms with van der Waals surface area (Å²) in [5.74, 6) is 0.484. The third kappa shape index (κ3) is 2.67. The second-order valence-corrected chi connectivity index (χ2v) is 4.41. The molecule has 0 aliphatic rings. The lowest BCUT2D eigenvalue weighted by molar-refractivity contribution is 0.103. The van der Waals surface area contributed by atoms with Crippen LogP contribution in [0.1, 0.15) is 15.2 Å². The van der Waals surface area contributed by atoms with E-state index in [1.165, 1.54) is 11.3 Å². The van der Waals surface area contributed by atoms with Gasteiger partial charge in [-0.25, -0.2) is 0 Å². The van der Waals surface area contributed by atoms with Gasteiger partial charge >= 0.3 is 0 Å². The van der Waals surface area contributed by atoms with Crippen LogP contribution in [0.5, 0.6) is 5.75 Å². The van der Waals surface area contributed by atoms with Gasteiger partial charge < -0.3 is 10.1 Å². The maximum atomic E-state index is 11.9. The van der Waals surface area contributed by atoms with Crippen LogP contribution >= 0.6 is 11.3 Å². The van der Waals surface area contributed by atoms with Crippen LogP contribution in [-0.4, -0.2) is 13.0 Å². The average molecular weight is 258 g/mol. The molecule has 0 aliphatic carbocycles. The molecule has 0 aliphatic heterocycles. The first-order valence-electron chi connectivity index (χ1n) is 5.17. The Morgan fingerprint density at radius 3 is 2.67 bits per heavy atom. The number of thiophene rings is 1. The van der Waals surface area contributed by atoms with Gasteiger partial charge in [-0.05, 0) is 24.3 Å². The number of methoxy groups -OCH3 is 1. The van der Waals surface area contributed by atoms with E-state index in [0.29, 0.717) is 21.9 Å². The van der Waals surface area contributed by atoms with E-state index in [-0.39, 0.29) is 5.91 Å². The van der Waals surface area contributed by atoms with Gasteiger partial charge in [0.05, 0.1) is 23.6 Å². The molecule has 1 amide bonds. The van der Waals surface area contributed by atoms with Crippen molar-refractivity contribution in [1.82, 2.24) is 0 Å². The van der Waals surface area contributed by atoms with E-state index in [2.05, 4.69) is 5.32 Å². The highest BCUT2D eigenvalue weighted by Gasteiger charge is 2.09. The number of hydrogen-bond acceptors (Lipinski definition) is 4. The second-order valence-electron chi connectivity index (χ2n) is 3.49. The number of ether oxygens (including phenoxy) is 1. The van der Waals surface area contributed by atoms with Crippen LogP contribution in [0.15, 0.2) is 35.7 Å². The first-order chi connectivity index (χ1) is 8.72. The number of carbonyl (C=O) groups excluding carboxylic acids is 1. The van der Waals surface area contributed by atoms with E-state index in [9.17, 15) is 4.79 Å². The van der Waals surface area contributed by atoms with Crippen LogP contribution in [0.3, 0.4) is 0 Å². The molecule has 0 atom stereocenters. The van der Waals surface area contributed by atoms with Crippen LogP contribution in [0.4, 0.5) is 5.69 Å². The zero-order valence-electron chi connectivity index (χ0n) is 9.64. The van der Waals surface area contributed by atoms with Crippen molar-refractivity contribution in [2.75, 3.05) is 12.4 Å². The third-order valence-electron chi connectivity index (χ3n) is 2.31. The number of nitrogens with one attached hydrogen (secondary N) is 1. The van der Waals surface area contributed by atoms with Crippen LogP contribution in [-0.2, 0) is 0 Å². The molecule has 0 saturated carbocycles. The fraction of sp³-hybridized carbons (Fsp3) is 0.0769. The minimum atomic E-state index is -0.187.